The van der Waals surface area contributed by atoms with Gasteiger partial charge in [-0.05, 0) is 31.5 Å². The molecule has 1 heterocycles. The fourth-order valence-electron chi connectivity index (χ4n) is 1.61. The second kappa shape index (κ2) is 5.59. The Hall–Kier alpha value is -1.59. The number of aryl methyl sites for hydroxylation is 1. The van der Waals surface area contributed by atoms with Gasteiger partial charge >= 0.3 is 0 Å². The molecule has 0 bridgehead atoms. The quantitative estimate of drug-likeness (QED) is 0.673. The fourth-order valence-corrected chi connectivity index (χ4v) is 2.83. The van der Waals surface area contributed by atoms with Crippen molar-refractivity contribution in [3.05, 3.63) is 46.1 Å². The maximum atomic E-state index is 7.70. The van der Waals surface area contributed by atoms with E-state index < -0.39 is 0 Å². The summed E-state index contributed by atoms with van der Waals surface area (Å²) >= 11 is 7.49. The van der Waals surface area contributed by atoms with Crippen molar-refractivity contribution in [2.24, 2.45) is 5.73 Å². The number of nitrogens with zero attached hydrogens (tertiary/aromatic N) is 2. The summed E-state index contributed by atoms with van der Waals surface area (Å²) in [5.74, 6) is -0.00921. The second-order valence-corrected chi connectivity index (χ2v) is 5.47. The third-order valence-corrected chi connectivity index (χ3v) is 4.23. The van der Waals surface area contributed by atoms with E-state index in [2.05, 4.69) is 10.2 Å². The largest absolute Gasteiger partial charge is 0.384 e. The smallest absolute Gasteiger partial charge is 0.135 e. The minimum absolute atomic E-state index is 0.00921. The molecule has 3 N–H and O–H groups in total. The number of benzene rings is 1. The van der Waals surface area contributed by atoms with Crippen molar-refractivity contribution >= 4 is 29.2 Å². The summed E-state index contributed by atoms with van der Waals surface area (Å²) in [6, 6.07) is 7.47. The Morgan fingerprint density at radius 2 is 1.95 bits per heavy atom. The second-order valence-electron chi connectivity index (χ2n) is 4.04. The predicted molar refractivity (Wildman–Crippen MR) is 78.1 cm³/mol. The molecule has 1 aromatic heterocycles. The van der Waals surface area contributed by atoms with Crippen LogP contribution < -0.4 is 5.73 Å². The van der Waals surface area contributed by atoms with Crippen LogP contribution in [0, 0.1) is 19.3 Å². The van der Waals surface area contributed by atoms with Crippen molar-refractivity contribution < 1.29 is 0 Å². The number of nitrogen functional groups attached to an aromatic ring is 1. The van der Waals surface area contributed by atoms with Crippen LogP contribution in [0.2, 0.25) is 5.02 Å². The molecule has 0 unspecified atom stereocenters. The van der Waals surface area contributed by atoms with Crippen LogP contribution in [0.1, 0.15) is 16.8 Å². The van der Waals surface area contributed by atoms with Gasteiger partial charge in [-0.1, -0.05) is 35.5 Å². The van der Waals surface area contributed by atoms with E-state index in [1.807, 2.05) is 38.1 Å². The highest BCUT2D eigenvalue weighted by Gasteiger charge is 2.15. The van der Waals surface area contributed by atoms with Crippen LogP contribution >= 0.6 is 23.4 Å². The molecule has 0 amide bonds. The average Bonchev–Trinajstić information content (AvgIpc) is 2.36. The van der Waals surface area contributed by atoms with Gasteiger partial charge in [-0.2, -0.15) is 5.10 Å². The molecule has 0 aliphatic rings. The standard InChI is InChI=1S/C13H13ClN4S/c1-7-8(2)17-18-13(11(7)12(15)16)19-10-6-4-3-5-9(10)14/h3-6H,1-2H3,(H3,15,16). The van der Waals surface area contributed by atoms with Crippen molar-refractivity contribution in [1.29, 1.82) is 5.41 Å². The van der Waals surface area contributed by atoms with Gasteiger partial charge in [0.05, 0.1) is 16.3 Å². The highest BCUT2D eigenvalue weighted by Crippen LogP contribution is 2.34. The molecule has 98 valence electrons. The van der Waals surface area contributed by atoms with Gasteiger partial charge in [0.2, 0.25) is 0 Å². The van der Waals surface area contributed by atoms with Crippen LogP contribution in [0.3, 0.4) is 0 Å². The van der Waals surface area contributed by atoms with Gasteiger partial charge in [0.15, 0.2) is 0 Å². The van der Waals surface area contributed by atoms with Crippen molar-refractivity contribution in [1.82, 2.24) is 10.2 Å². The summed E-state index contributed by atoms with van der Waals surface area (Å²) in [7, 11) is 0. The predicted octanol–water partition coefficient (Wildman–Crippen LogP) is 3.18. The van der Waals surface area contributed by atoms with Gasteiger partial charge in [0, 0.05) is 4.90 Å². The summed E-state index contributed by atoms with van der Waals surface area (Å²) in [5, 5.41) is 17.1. The Morgan fingerprint density at radius 3 is 2.58 bits per heavy atom. The average molecular weight is 293 g/mol. The molecule has 2 rings (SSSR count). The minimum atomic E-state index is -0.00921. The SMILES string of the molecule is Cc1nnc(Sc2ccccc2Cl)c(C(=N)N)c1C. The lowest BCUT2D eigenvalue weighted by atomic mass is 10.1. The first-order valence-electron chi connectivity index (χ1n) is 5.61. The zero-order valence-electron chi connectivity index (χ0n) is 10.6. The highest BCUT2D eigenvalue weighted by atomic mass is 35.5. The third-order valence-electron chi connectivity index (χ3n) is 2.74. The van der Waals surface area contributed by atoms with Crippen LogP contribution in [0.5, 0.6) is 0 Å². The topological polar surface area (TPSA) is 75.7 Å². The van der Waals surface area contributed by atoms with E-state index in [1.165, 1.54) is 11.8 Å². The Morgan fingerprint density at radius 1 is 1.26 bits per heavy atom. The zero-order chi connectivity index (χ0) is 14.0. The molecule has 6 heteroatoms. The molecule has 19 heavy (non-hydrogen) atoms. The van der Waals surface area contributed by atoms with Crippen LogP contribution in [-0.4, -0.2) is 16.0 Å². The van der Waals surface area contributed by atoms with Gasteiger partial charge in [-0.25, -0.2) is 0 Å². The van der Waals surface area contributed by atoms with Crippen LogP contribution in [0.15, 0.2) is 34.2 Å². The van der Waals surface area contributed by atoms with Crippen molar-refractivity contribution in [2.75, 3.05) is 0 Å². The van der Waals surface area contributed by atoms with Crippen LogP contribution in [-0.2, 0) is 0 Å². The van der Waals surface area contributed by atoms with E-state index in [-0.39, 0.29) is 5.84 Å². The Kier molecular flexibility index (Phi) is 4.07. The molecule has 2 aromatic rings. The molecule has 0 radical (unpaired) electrons. The maximum absolute atomic E-state index is 7.70. The van der Waals surface area contributed by atoms with E-state index in [1.54, 1.807) is 0 Å². The molecule has 0 fully saturated rings. The first-order valence-corrected chi connectivity index (χ1v) is 6.80. The number of halogens is 1. The molecule has 0 spiro atoms. The summed E-state index contributed by atoms with van der Waals surface area (Å²) in [6.07, 6.45) is 0. The molecule has 0 atom stereocenters. The number of amidine groups is 1. The van der Waals surface area contributed by atoms with E-state index in [9.17, 15) is 0 Å². The summed E-state index contributed by atoms with van der Waals surface area (Å²) < 4.78 is 0. The molecule has 0 saturated heterocycles. The van der Waals surface area contributed by atoms with Gasteiger partial charge in [0.25, 0.3) is 0 Å². The lowest BCUT2D eigenvalue weighted by Gasteiger charge is -2.11. The number of nitrogens with one attached hydrogen (secondary N) is 1. The first kappa shape index (κ1) is 13.8. The van der Waals surface area contributed by atoms with Crippen molar-refractivity contribution in [3.8, 4) is 0 Å². The Balaban J connectivity index is 2.49. The Labute approximate surface area is 120 Å². The number of nitrogens with two attached hydrogens (primary N) is 1. The molecule has 1 aromatic carbocycles. The van der Waals surface area contributed by atoms with Gasteiger partial charge in [-0.3, -0.25) is 5.41 Å². The maximum Gasteiger partial charge on any atom is 0.135 e. The van der Waals surface area contributed by atoms with Gasteiger partial charge < -0.3 is 5.73 Å². The Bertz CT molecular complexity index is 643. The molecule has 4 nitrogen and oxygen atoms in total. The summed E-state index contributed by atoms with van der Waals surface area (Å²) in [4.78, 5) is 0.865. The molecule has 0 aliphatic carbocycles. The fraction of sp³-hybridized carbons (Fsp3) is 0.154. The zero-order valence-corrected chi connectivity index (χ0v) is 12.1. The third kappa shape index (κ3) is 2.88. The number of rotatable bonds is 3. The molecular formula is C13H13ClN4S. The molecular weight excluding hydrogens is 280 g/mol. The van der Waals surface area contributed by atoms with E-state index in [4.69, 9.17) is 22.7 Å². The number of hydrogen-bond donors (Lipinski definition) is 2. The lowest BCUT2D eigenvalue weighted by molar-refractivity contribution is 0.872. The van der Waals surface area contributed by atoms with Gasteiger partial charge in [0.1, 0.15) is 10.9 Å². The number of hydrogen-bond acceptors (Lipinski definition) is 4. The van der Waals surface area contributed by atoms with Gasteiger partial charge in [-0.15, -0.1) is 5.10 Å². The van der Waals surface area contributed by atoms with Crippen molar-refractivity contribution in [2.45, 2.75) is 23.8 Å². The minimum Gasteiger partial charge on any atom is -0.384 e. The monoisotopic (exact) mass is 292 g/mol. The molecule has 0 aliphatic heterocycles. The summed E-state index contributed by atoms with van der Waals surface area (Å²) in [6.45, 7) is 3.73. The first-order chi connectivity index (χ1) is 9.00. The highest BCUT2D eigenvalue weighted by molar-refractivity contribution is 7.99. The summed E-state index contributed by atoms with van der Waals surface area (Å²) in [5.41, 5.74) is 7.91. The van der Waals surface area contributed by atoms with E-state index >= 15 is 0 Å². The van der Waals surface area contributed by atoms with E-state index in [0.717, 1.165) is 16.2 Å². The lowest BCUT2D eigenvalue weighted by Crippen LogP contribution is -2.16. The van der Waals surface area contributed by atoms with Crippen molar-refractivity contribution in [3.63, 3.8) is 0 Å². The van der Waals surface area contributed by atoms with E-state index in [0.29, 0.717) is 15.6 Å². The normalized spacial score (nSPS) is 10.5. The molecule has 0 saturated carbocycles. The number of aromatic nitrogens is 2. The van der Waals surface area contributed by atoms with Crippen LogP contribution in [0.25, 0.3) is 0 Å². The van der Waals surface area contributed by atoms with Crippen LogP contribution in [0.4, 0.5) is 0 Å².